The average molecular weight is 114 g/mol. The molecule has 0 amide bonds. The van der Waals surface area contributed by atoms with Crippen molar-refractivity contribution in [2.24, 2.45) is 0 Å². The first-order valence-corrected chi connectivity index (χ1v) is 3.86. The molecule has 0 saturated heterocycles. The minimum Gasteiger partial charge on any atom is -0.115 e. The Morgan fingerprint density at radius 3 is 2.83 bits per heavy atom. The largest absolute Gasteiger partial charge is 0.115 e. The van der Waals surface area contributed by atoms with E-state index in [2.05, 4.69) is 17.1 Å². The van der Waals surface area contributed by atoms with Crippen LogP contribution in [0.15, 0.2) is 17.4 Å². The van der Waals surface area contributed by atoms with Crippen LogP contribution in [-0.4, -0.2) is 5.54 Å². The molecule has 1 unspecified atom stereocenters. The molecule has 0 saturated carbocycles. The lowest BCUT2D eigenvalue weighted by atomic mass is 11.0. The Kier molecular flexibility index (Phi) is 1.66. The monoisotopic (exact) mass is 114 g/mol. The Balaban J connectivity index is 2.78. The van der Waals surface area contributed by atoms with Crippen LogP contribution in [0.4, 0.5) is 0 Å². The van der Waals surface area contributed by atoms with Crippen molar-refractivity contribution >= 4 is 22.3 Å². The van der Waals surface area contributed by atoms with Crippen molar-refractivity contribution in [3.63, 3.8) is 0 Å². The molecule has 1 aliphatic rings. The van der Waals surface area contributed by atoms with Gasteiger partial charge in [-0.05, 0) is 11.4 Å². The second-order valence-electron chi connectivity index (χ2n) is 0.885. The third-order valence-electron chi connectivity index (χ3n) is 0.465. The molecule has 1 heterocycles. The highest BCUT2D eigenvalue weighted by Gasteiger charge is 1.69. The molecule has 1 aliphatic heterocycles. The first-order chi connectivity index (χ1) is 3.00. The Morgan fingerprint density at radius 1 is 1.67 bits per heavy atom. The summed E-state index contributed by atoms with van der Waals surface area (Å²) in [5.41, 5.74) is 5.22. The van der Waals surface area contributed by atoms with Gasteiger partial charge in [0.25, 0.3) is 0 Å². The van der Waals surface area contributed by atoms with E-state index < -0.39 is 0 Å². The van der Waals surface area contributed by atoms with Gasteiger partial charge < -0.3 is 0 Å². The van der Waals surface area contributed by atoms with E-state index in [1.54, 1.807) is 0 Å². The number of hydrogen-bond donors (Lipinski definition) is 0. The fraction of sp³-hybridized carbons (Fsp3) is 0. The molecule has 0 aromatic carbocycles. The van der Waals surface area contributed by atoms with Crippen molar-refractivity contribution < 1.29 is 0 Å². The van der Waals surface area contributed by atoms with Crippen LogP contribution in [-0.2, 0) is 0 Å². The van der Waals surface area contributed by atoms with E-state index in [0.717, 1.165) is 8.58 Å². The minimum atomic E-state index is 0.897. The maximum atomic E-state index is 3.00. The lowest BCUT2D eigenvalue weighted by Gasteiger charge is -1.77. The van der Waals surface area contributed by atoms with Crippen LogP contribution in [0.3, 0.4) is 0 Å². The highest BCUT2D eigenvalue weighted by molar-refractivity contribution is 7.73. The smallest absolute Gasteiger partial charge is 0.00752 e. The van der Waals surface area contributed by atoms with Crippen molar-refractivity contribution in [3.05, 3.63) is 17.4 Å². The Labute approximate surface area is 40.5 Å². The molecule has 1 rings (SSSR count). The summed E-state index contributed by atoms with van der Waals surface area (Å²) in [5, 5.41) is 0. The molecule has 0 radical (unpaired) electrons. The molecule has 0 N–H and O–H groups in total. The Hall–Kier alpha value is 0.120. The molecule has 0 aromatic heterocycles. The fourth-order valence-corrected chi connectivity index (χ4v) is 1.67. The molecule has 30 valence electrons. The molecule has 0 nitrogen and oxygen atoms in total. The summed E-state index contributed by atoms with van der Waals surface area (Å²) in [6.45, 7) is 0. The van der Waals surface area contributed by atoms with Crippen LogP contribution in [0.25, 0.3) is 0 Å². The van der Waals surface area contributed by atoms with Gasteiger partial charge in [-0.2, -0.15) is 0 Å². The van der Waals surface area contributed by atoms with Gasteiger partial charge in [0, 0.05) is 5.82 Å². The average Bonchev–Trinajstić information content (AvgIpc) is 1.72. The molecule has 0 aromatic rings. The molecule has 0 bridgehead atoms. The Morgan fingerprint density at radius 2 is 2.67 bits per heavy atom. The van der Waals surface area contributed by atoms with Crippen LogP contribution in [0.2, 0.25) is 0 Å². The van der Waals surface area contributed by atoms with Crippen LogP contribution >= 0.6 is 16.8 Å². The first-order valence-electron chi connectivity index (χ1n) is 1.67. The normalized spacial score (nSPS) is 22.7. The van der Waals surface area contributed by atoms with Gasteiger partial charge in [-0.1, -0.05) is 16.8 Å². The zero-order chi connectivity index (χ0) is 4.24. The van der Waals surface area contributed by atoms with Gasteiger partial charge in [0.15, 0.2) is 0 Å². The van der Waals surface area contributed by atoms with E-state index in [9.17, 15) is 0 Å². The maximum Gasteiger partial charge on any atom is 0.00752 e. The van der Waals surface area contributed by atoms with Crippen LogP contribution < -0.4 is 0 Å². The minimum absolute atomic E-state index is 0.897. The van der Waals surface area contributed by atoms with Gasteiger partial charge in [-0.15, -0.1) is 5.73 Å². The SMILES string of the molecule is C1=CP=CPC=1. The summed E-state index contributed by atoms with van der Waals surface area (Å²) in [7, 11) is 2.22. The maximum absolute atomic E-state index is 3.00. The topological polar surface area (TPSA) is 0 Å². The van der Waals surface area contributed by atoms with E-state index in [1.807, 2.05) is 5.82 Å². The summed E-state index contributed by atoms with van der Waals surface area (Å²) in [5.74, 6) is 4.06. The van der Waals surface area contributed by atoms with Gasteiger partial charge in [-0.25, -0.2) is 0 Å². The number of rotatable bonds is 0. The van der Waals surface area contributed by atoms with Gasteiger partial charge in [-0.3, -0.25) is 0 Å². The molecule has 6 heavy (non-hydrogen) atoms. The van der Waals surface area contributed by atoms with Crippen LogP contribution in [0, 0.1) is 0 Å². The highest BCUT2D eigenvalue weighted by Crippen LogP contribution is 2.15. The second-order valence-corrected chi connectivity index (χ2v) is 3.10. The predicted molar refractivity (Wildman–Crippen MR) is 34.0 cm³/mol. The molecule has 1 atom stereocenters. The summed E-state index contributed by atoms with van der Waals surface area (Å²) in [4.78, 5) is 0. The second kappa shape index (κ2) is 2.32. The predicted octanol–water partition coefficient (Wildman–Crippen LogP) is 2.01. The quantitative estimate of drug-likeness (QED) is 0.333. The standard InChI is InChI=1S/C4H4P2/c1-2-5-4-6-3-1/h2-5H. The summed E-state index contributed by atoms with van der Waals surface area (Å²) >= 11 is 0. The molecular weight excluding hydrogens is 110 g/mol. The third kappa shape index (κ3) is 1.07. The van der Waals surface area contributed by atoms with E-state index in [4.69, 9.17) is 0 Å². The van der Waals surface area contributed by atoms with Crippen LogP contribution in [0.1, 0.15) is 0 Å². The van der Waals surface area contributed by atoms with E-state index in [1.165, 1.54) is 8.20 Å². The lowest BCUT2D eigenvalue weighted by Crippen LogP contribution is -1.44. The molecule has 0 aliphatic carbocycles. The third-order valence-corrected chi connectivity index (χ3v) is 2.29. The van der Waals surface area contributed by atoms with E-state index in [0.29, 0.717) is 0 Å². The van der Waals surface area contributed by atoms with Crippen molar-refractivity contribution in [1.29, 1.82) is 0 Å². The molecule has 0 fully saturated rings. The zero-order valence-electron chi connectivity index (χ0n) is 3.18. The fourth-order valence-electron chi connectivity index (χ4n) is 0.246. The van der Waals surface area contributed by atoms with Gasteiger partial charge in [0.2, 0.25) is 0 Å². The van der Waals surface area contributed by atoms with Gasteiger partial charge in [0.05, 0.1) is 0 Å². The summed E-state index contributed by atoms with van der Waals surface area (Å²) in [6, 6.07) is 0. The van der Waals surface area contributed by atoms with Gasteiger partial charge in [0.1, 0.15) is 0 Å². The lowest BCUT2D eigenvalue weighted by molar-refractivity contribution is 2.38. The number of hydrogen-bond acceptors (Lipinski definition) is 0. The van der Waals surface area contributed by atoms with Crippen molar-refractivity contribution in [2.45, 2.75) is 0 Å². The highest BCUT2D eigenvalue weighted by atomic mass is 31.1. The summed E-state index contributed by atoms with van der Waals surface area (Å²) < 4.78 is 0. The molecule has 0 spiro atoms. The van der Waals surface area contributed by atoms with E-state index >= 15 is 0 Å². The van der Waals surface area contributed by atoms with Gasteiger partial charge >= 0.3 is 0 Å². The zero-order valence-corrected chi connectivity index (χ0v) is 5.07. The van der Waals surface area contributed by atoms with E-state index in [-0.39, 0.29) is 0 Å². The first kappa shape index (κ1) is 4.28. The van der Waals surface area contributed by atoms with Crippen molar-refractivity contribution in [2.75, 3.05) is 0 Å². The molecular formula is C4H4P2. The van der Waals surface area contributed by atoms with Crippen molar-refractivity contribution in [1.82, 2.24) is 0 Å². The Bertz CT molecular complexity index is 118. The van der Waals surface area contributed by atoms with Crippen molar-refractivity contribution in [3.8, 4) is 0 Å². The molecule has 2 heteroatoms. The summed E-state index contributed by atoms with van der Waals surface area (Å²) in [6.07, 6.45) is 0. The van der Waals surface area contributed by atoms with Crippen LogP contribution in [0.5, 0.6) is 0 Å².